The van der Waals surface area contributed by atoms with Crippen LogP contribution in [0.25, 0.3) is 0 Å². The maximum absolute atomic E-state index is 14.1. The van der Waals surface area contributed by atoms with Gasteiger partial charge in [-0.1, -0.05) is 35.9 Å². The van der Waals surface area contributed by atoms with Crippen molar-refractivity contribution in [3.8, 4) is 5.75 Å². The molecular weight excluding hydrogens is 395 g/mol. The number of nitrogens with zero attached hydrogens (tertiary/aromatic N) is 1. The third-order valence-electron chi connectivity index (χ3n) is 4.53. The van der Waals surface area contributed by atoms with Gasteiger partial charge in [0, 0.05) is 21.8 Å². The van der Waals surface area contributed by atoms with Crippen molar-refractivity contribution in [3.63, 3.8) is 0 Å². The third kappa shape index (κ3) is 4.07. The first-order valence-electron chi connectivity index (χ1n) is 8.89. The molecule has 0 aliphatic carbocycles. The largest absolute Gasteiger partial charge is 0.482 e. The SMILES string of the molecule is O=C(Nc1ccc2c(c1)N(Cc1ccccc1F)C(=O)CO2)c1cccc(Cl)c1. The zero-order valence-corrected chi connectivity index (χ0v) is 15.9. The van der Waals surface area contributed by atoms with Gasteiger partial charge in [0.1, 0.15) is 11.6 Å². The van der Waals surface area contributed by atoms with E-state index in [-0.39, 0.29) is 25.0 Å². The van der Waals surface area contributed by atoms with Crippen LogP contribution in [0, 0.1) is 5.82 Å². The molecule has 0 radical (unpaired) electrons. The Labute approximate surface area is 171 Å². The fourth-order valence-corrected chi connectivity index (χ4v) is 3.27. The predicted molar refractivity (Wildman–Crippen MR) is 109 cm³/mol. The lowest BCUT2D eigenvalue weighted by Crippen LogP contribution is -2.38. The number of hydrogen-bond donors (Lipinski definition) is 1. The van der Waals surface area contributed by atoms with Gasteiger partial charge in [-0.05, 0) is 42.5 Å². The van der Waals surface area contributed by atoms with E-state index in [0.717, 1.165) is 0 Å². The second kappa shape index (κ2) is 7.93. The molecular formula is C22H16ClFN2O3. The quantitative estimate of drug-likeness (QED) is 0.680. The molecule has 4 rings (SSSR count). The number of anilines is 2. The summed E-state index contributed by atoms with van der Waals surface area (Å²) in [5, 5.41) is 3.24. The maximum atomic E-state index is 14.1. The monoisotopic (exact) mass is 410 g/mol. The highest BCUT2D eigenvalue weighted by Gasteiger charge is 2.27. The number of fused-ring (bicyclic) bond motifs is 1. The molecule has 0 fully saturated rings. The van der Waals surface area contributed by atoms with Crippen molar-refractivity contribution in [2.45, 2.75) is 6.54 Å². The molecule has 0 bridgehead atoms. The summed E-state index contributed by atoms with van der Waals surface area (Å²) in [6.07, 6.45) is 0. The average Bonchev–Trinajstić information content (AvgIpc) is 2.71. The van der Waals surface area contributed by atoms with Crippen LogP contribution in [0.1, 0.15) is 15.9 Å². The summed E-state index contributed by atoms with van der Waals surface area (Å²) in [4.78, 5) is 26.4. The van der Waals surface area contributed by atoms with Crippen LogP contribution < -0.4 is 15.0 Å². The Balaban J connectivity index is 1.62. The van der Waals surface area contributed by atoms with Gasteiger partial charge in [0.05, 0.1) is 12.2 Å². The van der Waals surface area contributed by atoms with Crippen molar-refractivity contribution in [3.05, 3.63) is 88.7 Å². The number of halogens is 2. The highest BCUT2D eigenvalue weighted by molar-refractivity contribution is 6.31. The van der Waals surface area contributed by atoms with Gasteiger partial charge in [-0.2, -0.15) is 0 Å². The highest BCUT2D eigenvalue weighted by Crippen LogP contribution is 2.36. The zero-order valence-electron chi connectivity index (χ0n) is 15.2. The average molecular weight is 411 g/mol. The molecule has 3 aromatic rings. The Morgan fingerprint density at radius 1 is 1.10 bits per heavy atom. The topological polar surface area (TPSA) is 58.6 Å². The molecule has 0 spiro atoms. The van der Waals surface area contributed by atoms with Crippen molar-refractivity contribution in [2.24, 2.45) is 0 Å². The Bertz CT molecular complexity index is 1100. The zero-order chi connectivity index (χ0) is 20.4. The molecule has 0 unspecified atom stereocenters. The molecule has 29 heavy (non-hydrogen) atoms. The van der Waals surface area contributed by atoms with Crippen molar-refractivity contribution < 1.29 is 18.7 Å². The van der Waals surface area contributed by atoms with Gasteiger partial charge in [0.15, 0.2) is 6.61 Å². The van der Waals surface area contributed by atoms with Crippen LogP contribution in [0.15, 0.2) is 66.7 Å². The molecule has 3 aromatic carbocycles. The molecule has 0 saturated carbocycles. The van der Waals surface area contributed by atoms with E-state index in [9.17, 15) is 14.0 Å². The molecule has 0 aromatic heterocycles. The summed E-state index contributed by atoms with van der Waals surface area (Å²) in [5.74, 6) is -0.532. The van der Waals surface area contributed by atoms with Gasteiger partial charge in [-0.3, -0.25) is 9.59 Å². The van der Waals surface area contributed by atoms with Crippen LogP contribution in [0.2, 0.25) is 5.02 Å². The molecule has 5 nitrogen and oxygen atoms in total. The van der Waals surface area contributed by atoms with E-state index in [0.29, 0.717) is 33.3 Å². The lowest BCUT2D eigenvalue weighted by atomic mass is 10.1. The van der Waals surface area contributed by atoms with Crippen molar-refractivity contribution in [2.75, 3.05) is 16.8 Å². The molecule has 7 heteroatoms. The first kappa shape index (κ1) is 19.0. The second-order valence-electron chi connectivity index (χ2n) is 6.51. The number of rotatable bonds is 4. The minimum absolute atomic E-state index is 0.0631. The fraction of sp³-hybridized carbons (Fsp3) is 0.0909. The van der Waals surface area contributed by atoms with Crippen LogP contribution in [0.3, 0.4) is 0 Å². The van der Waals surface area contributed by atoms with Crippen LogP contribution >= 0.6 is 11.6 Å². The predicted octanol–water partition coefficient (Wildman–Crippen LogP) is 4.66. The van der Waals surface area contributed by atoms with E-state index in [1.807, 2.05) is 0 Å². The Kier molecular flexibility index (Phi) is 5.18. The molecule has 0 saturated heterocycles. The minimum atomic E-state index is -0.390. The Hall–Kier alpha value is -3.38. The summed E-state index contributed by atoms with van der Waals surface area (Å²) in [5.41, 5.74) is 1.74. The van der Waals surface area contributed by atoms with Crippen LogP contribution in [-0.4, -0.2) is 18.4 Å². The number of amides is 2. The van der Waals surface area contributed by atoms with Gasteiger partial charge in [0.2, 0.25) is 0 Å². The molecule has 1 aliphatic heterocycles. The van der Waals surface area contributed by atoms with E-state index in [1.165, 1.54) is 11.0 Å². The molecule has 1 heterocycles. The van der Waals surface area contributed by atoms with Crippen LogP contribution in [-0.2, 0) is 11.3 Å². The first-order valence-corrected chi connectivity index (χ1v) is 9.26. The van der Waals surface area contributed by atoms with E-state index >= 15 is 0 Å². The molecule has 2 amide bonds. The summed E-state index contributed by atoms with van der Waals surface area (Å²) in [6.45, 7) is -0.0662. The highest BCUT2D eigenvalue weighted by atomic mass is 35.5. The number of hydrogen-bond acceptors (Lipinski definition) is 3. The van der Waals surface area contributed by atoms with Crippen molar-refractivity contribution in [1.82, 2.24) is 0 Å². The standard InChI is InChI=1S/C22H16ClFN2O3/c23-16-6-3-5-14(10-16)22(28)25-17-8-9-20-19(11-17)26(21(27)13-29-20)12-15-4-1-2-7-18(15)24/h1-11H,12-13H2,(H,25,28). The number of ether oxygens (including phenoxy) is 1. The summed E-state index contributed by atoms with van der Waals surface area (Å²) in [7, 11) is 0. The number of carbonyl (C=O) groups excluding carboxylic acids is 2. The Morgan fingerprint density at radius 2 is 1.93 bits per heavy atom. The van der Waals surface area contributed by atoms with Gasteiger partial charge in [0.25, 0.3) is 11.8 Å². The summed E-state index contributed by atoms with van der Waals surface area (Å²) < 4.78 is 19.6. The lowest BCUT2D eigenvalue weighted by molar-refractivity contribution is -0.121. The Morgan fingerprint density at radius 3 is 2.72 bits per heavy atom. The molecule has 146 valence electrons. The summed E-state index contributed by atoms with van der Waals surface area (Å²) >= 11 is 5.94. The smallest absolute Gasteiger partial charge is 0.265 e. The normalized spacial score (nSPS) is 12.9. The second-order valence-corrected chi connectivity index (χ2v) is 6.94. The van der Waals surface area contributed by atoms with Crippen LogP contribution in [0.4, 0.5) is 15.8 Å². The van der Waals surface area contributed by atoms with Crippen molar-refractivity contribution >= 4 is 34.8 Å². The van der Waals surface area contributed by atoms with E-state index in [2.05, 4.69) is 5.32 Å². The molecule has 1 aliphatic rings. The maximum Gasteiger partial charge on any atom is 0.265 e. The minimum Gasteiger partial charge on any atom is -0.482 e. The van der Waals surface area contributed by atoms with E-state index in [1.54, 1.807) is 60.7 Å². The number of carbonyl (C=O) groups is 2. The fourth-order valence-electron chi connectivity index (χ4n) is 3.08. The number of benzene rings is 3. The molecule has 1 N–H and O–H groups in total. The molecule has 0 atom stereocenters. The van der Waals surface area contributed by atoms with Gasteiger partial charge in [-0.25, -0.2) is 4.39 Å². The lowest BCUT2D eigenvalue weighted by Gasteiger charge is -2.30. The van der Waals surface area contributed by atoms with Gasteiger partial charge in [-0.15, -0.1) is 0 Å². The van der Waals surface area contributed by atoms with Crippen LogP contribution in [0.5, 0.6) is 5.75 Å². The summed E-state index contributed by atoms with van der Waals surface area (Å²) in [6, 6.07) is 17.9. The van der Waals surface area contributed by atoms with E-state index < -0.39 is 5.82 Å². The first-order chi connectivity index (χ1) is 14.0. The van der Waals surface area contributed by atoms with Gasteiger partial charge >= 0.3 is 0 Å². The third-order valence-corrected chi connectivity index (χ3v) is 4.77. The van der Waals surface area contributed by atoms with E-state index in [4.69, 9.17) is 16.3 Å². The van der Waals surface area contributed by atoms with Crippen molar-refractivity contribution in [1.29, 1.82) is 0 Å². The van der Waals surface area contributed by atoms with Gasteiger partial charge < -0.3 is 15.0 Å². The number of nitrogens with one attached hydrogen (secondary N) is 1.